The lowest BCUT2D eigenvalue weighted by atomic mass is 9.89. The second-order valence-electron chi connectivity index (χ2n) is 5.16. The van der Waals surface area contributed by atoms with Crippen LogP contribution in [0, 0.1) is 13.8 Å². The lowest BCUT2D eigenvalue weighted by Crippen LogP contribution is -2.38. The number of aryl methyl sites for hydroxylation is 2. The topological polar surface area (TPSA) is 26.0 Å². The fourth-order valence-electron chi connectivity index (χ4n) is 2.58. The van der Waals surface area contributed by atoms with Gasteiger partial charge in [-0.15, -0.1) is 0 Å². The maximum atomic E-state index is 6.38. The molecule has 1 nitrogen and oxygen atoms in total. The molecule has 0 aliphatic heterocycles. The van der Waals surface area contributed by atoms with Crippen LogP contribution in [0.3, 0.4) is 0 Å². The molecule has 15 heavy (non-hydrogen) atoms. The second kappa shape index (κ2) is 3.97. The van der Waals surface area contributed by atoms with Crippen LogP contribution in [-0.4, -0.2) is 5.54 Å². The average Bonchev–Trinajstić information content (AvgIpc) is 2.59. The third kappa shape index (κ3) is 2.40. The molecule has 1 aromatic rings. The summed E-state index contributed by atoms with van der Waals surface area (Å²) < 4.78 is 0. The number of rotatable bonds is 2. The molecule has 1 aromatic carbocycles. The van der Waals surface area contributed by atoms with Crippen molar-refractivity contribution < 1.29 is 0 Å². The largest absolute Gasteiger partial charge is 0.325 e. The van der Waals surface area contributed by atoms with E-state index >= 15 is 0 Å². The van der Waals surface area contributed by atoms with Gasteiger partial charge in [0.2, 0.25) is 0 Å². The minimum Gasteiger partial charge on any atom is -0.325 e. The van der Waals surface area contributed by atoms with E-state index in [0.29, 0.717) is 0 Å². The summed E-state index contributed by atoms with van der Waals surface area (Å²) in [5, 5.41) is 0. The maximum Gasteiger partial charge on any atom is 0.0195 e. The molecule has 0 heterocycles. The highest BCUT2D eigenvalue weighted by atomic mass is 14.7. The van der Waals surface area contributed by atoms with Gasteiger partial charge < -0.3 is 5.73 Å². The van der Waals surface area contributed by atoms with Crippen molar-refractivity contribution in [3.8, 4) is 0 Å². The van der Waals surface area contributed by atoms with Gasteiger partial charge in [0.05, 0.1) is 0 Å². The van der Waals surface area contributed by atoms with Gasteiger partial charge in [0.25, 0.3) is 0 Å². The minimum atomic E-state index is 0.0850. The van der Waals surface area contributed by atoms with Crippen LogP contribution in [0.5, 0.6) is 0 Å². The molecule has 1 fully saturated rings. The number of benzene rings is 1. The predicted molar refractivity (Wildman–Crippen MR) is 65.0 cm³/mol. The first-order valence-electron chi connectivity index (χ1n) is 5.94. The van der Waals surface area contributed by atoms with Crippen LogP contribution in [0.2, 0.25) is 0 Å². The Bertz CT molecular complexity index is 348. The van der Waals surface area contributed by atoms with E-state index in [1.807, 2.05) is 0 Å². The Morgan fingerprint density at radius 2 is 1.80 bits per heavy atom. The molecule has 0 saturated heterocycles. The lowest BCUT2D eigenvalue weighted by molar-refractivity contribution is 0.436. The third-order valence-electron chi connectivity index (χ3n) is 3.73. The molecule has 2 rings (SSSR count). The normalized spacial score (nSPS) is 19.4. The first-order valence-corrected chi connectivity index (χ1v) is 5.94. The van der Waals surface area contributed by atoms with Gasteiger partial charge in [0, 0.05) is 5.54 Å². The molecule has 1 heteroatoms. The van der Waals surface area contributed by atoms with E-state index in [4.69, 9.17) is 5.73 Å². The summed E-state index contributed by atoms with van der Waals surface area (Å²) in [5.74, 6) is 0. The van der Waals surface area contributed by atoms with Crippen molar-refractivity contribution in [2.75, 3.05) is 0 Å². The van der Waals surface area contributed by atoms with E-state index in [1.165, 1.54) is 42.4 Å². The second-order valence-corrected chi connectivity index (χ2v) is 5.16. The van der Waals surface area contributed by atoms with E-state index in [2.05, 4.69) is 32.0 Å². The molecule has 82 valence electrons. The fraction of sp³-hybridized carbons (Fsp3) is 0.571. The van der Waals surface area contributed by atoms with E-state index in [0.717, 1.165) is 6.42 Å². The van der Waals surface area contributed by atoms with Crippen LogP contribution in [0.15, 0.2) is 18.2 Å². The molecule has 0 amide bonds. The highest BCUT2D eigenvalue weighted by molar-refractivity contribution is 5.31. The quantitative estimate of drug-likeness (QED) is 0.785. The molecule has 2 N–H and O–H groups in total. The van der Waals surface area contributed by atoms with Crippen molar-refractivity contribution in [2.24, 2.45) is 5.73 Å². The molecular weight excluding hydrogens is 182 g/mol. The summed E-state index contributed by atoms with van der Waals surface area (Å²) in [7, 11) is 0. The van der Waals surface area contributed by atoms with Crippen LogP contribution in [-0.2, 0) is 6.42 Å². The molecular formula is C14H21N. The van der Waals surface area contributed by atoms with Gasteiger partial charge in [-0.1, -0.05) is 31.0 Å². The predicted octanol–water partition coefficient (Wildman–Crippen LogP) is 3.12. The van der Waals surface area contributed by atoms with Gasteiger partial charge in [-0.2, -0.15) is 0 Å². The zero-order valence-electron chi connectivity index (χ0n) is 9.84. The molecule has 1 aliphatic rings. The Morgan fingerprint density at radius 3 is 2.40 bits per heavy atom. The summed E-state index contributed by atoms with van der Waals surface area (Å²) in [4.78, 5) is 0. The summed E-state index contributed by atoms with van der Waals surface area (Å²) in [6.07, 6.45) is 6.05. The van der Waals surface area contributed by atoms with Gasteiger partial charge in [0.15, 0.2) is 0 Å². The Kier molecular flexibility index (Phi) is 2.83. The molecule has 1 aliphatic carbocycles. The van der Waals surface area contributed by atoms with Crippen molar-refractivity contribution >= 4 is 0 Å². The third-order valence-corrected chi connectivity index (χ3v) is 3.73. The molecule has 0 bridgehead atoms. The summed E-state index contributed by atoms with van der Waals surface area (Å²) >= 11 is 0. The van der Waals surface area contributed by atoms with Crippen LogP contribution in [0.1, 0.15) is 42.4 Å². The van der Waals surface area contributed by atoms with Crippen LogP contribution < -0.4 is 5.73 Å². The average molecular weight is 203 g/mol. The first kappa shape index (κ1) is 10.7. The fourth-order valence-corrected chi connectivity index (χ4v) is 2.58. The molecule has 0 aromatic heterocycles. The van der Waals surface area contributed by atoms with E-state index in [-0.39, 0.29) is 5.54 Å². The number of hydrogen-bond donors (Lipinski definition) is 1. The van der Waals surface area contributed by atoms with Crippen LogP contribution in [0.25, 0.3) is 0 Å². The number of hydrogen-bond acceptors (Lipinski definition) is 1. The first-order chi connectivity index (χ1) is 7.09. The summed E-state index contributed by atoms with van der Waals surface area (Å²) in [6.45, 7) is 4.34. The highest BCUT2D eigenvalue weighted by Gasteiger charge is 2.29. The smallest absolute Gasteiger partial charge is 0.0195 e. The molecule has 0 atom stereocenters. The minimum absolute atomic E-state index is 0.0850. The Morgan fingerprint density at radius 1 is 1.13 bits per heavy atom. The molecule has 1 saturated carbocycles. The maximum absolute atomic E-state index is 6.38. The molecule has 0 radical (unpaired) electrons. The monoisotopic (exact) mass is 203 g/mol. The molecule has 0 unspecified atom stereocenters. The van der Waals surface area contributed by atoms with Gasteiger partial charge in [0.1, 0.15) is 0 Å². The summed E-state index contributed by atoms with van der Waals surface area (Å²) in [5.41, 5.74) is 10.6. The van der Waals surface area contributed by atoms with Gasteiger partial charge >= 0.3 is 0 Å². The number of nitrogens with two attached hydrogens (primary N) is 1. The zero-order chi connectivity index (χ0) is 10.9. The standard InChI is InChI=1S/C14H21N/c1-11-5-6-13(9-12(11)2)10-14(15)7-3-4-8-14/h5-6,9H,3-4,7-8,10,15H2,1-2H3. The van der Waals surface area contributed by atoms with Gasteiger partial charge in [-0.3, -0.25) is 0 Å². The highest BCUT2D eigenvalue weighted by Crippen LogP contribution is 2.30. The van der Waals surface area contributed by atoms with E-state index < -0.39 is 0 Å². The zero-order valence-corrected chi connectivity index (χ0v) is 9.84. The van der Waals surface area contributed by atoms with Crippen molar-refractivity contribution in [2.45, 2.75) is 51.5 Å². The van der Waals surface area contributed by atoms with Gasteiger partial charge in [-0.05, 0) is 49.8 Å². The van der Waals surface area contributed by atoms with Crippen molar-refractivity contribution in [1.82, 2.24) is 0 Å². The van der Waals surface area contributed by atoms with Crippen LogP contribution >= 0.6 is 0 Å². The van der Waals surface area contributed by atoms with E-state index in [9.17, 15) is 0 Å². The lowest BCUT2D eigenvalue weighted by Gasteiger charge is -2.23. The van der Waals surface area contributed by atoms with E-state index in [1.54, 1.807) is 0 Å². The van der Waals surface area contributed by atoms with Crippen molar-refractivity contribution in [3.05, 3.63) is 34.9 Å². The van der Waals surface area contributed by atoms with Crippen molar-refractivity contribution in [1.29, 1.82) is 0 Å². The van der Waals surface area contributed by atoms with Gasteiger partial charge in [-0.25, -0.2) is 0 Å². The molecule has 0 spiro atoms. The Labute approximate surface area is 92.7 Å². The SMILES string of the molecule is Cc1ccc(CC2(N)CCCC2)cc1C. The van der Waals surface area contributed by atoms with Crippen LogP contribution in [0.4, 0.5) is 0 Å². The Hall–Kier alpha value is -0.820. The Balaban J connectivity index is 2.13. The summed E-state index contributed by atoms with van der Waals surface area (Å²) in [6, 6.07) is 6.74. The van der Waals surface area contributed by atoms with Crippen molar-refractivity contribution in [3.63, 3.8) is 0 Å².